The molecule has 0 bridgehead atoms. The van der Waals surface area contributed by atoms with Gasteiger partial charge in [-0.15, -0.1) is 10.2 Å². The number of imide groups is 1. The van der Waals surface area contributed by atoms with Crippen LogP contribution in [0.2, 0.25) is 0 Å². The van der Waals surface area contributed by atoms with Gasteiger partial charge in [-0.25, -0.2) is 4.79 Å². The Morgan fingerprint density at radius 1 is 1.00 bits per heavy atom. The van der Waals surface area contributed by atoms with Crippen molar-refractivity contribution in [1.82, 2.24) is 25.4 Å². The molecular formula is C23H27N5O2S. The van der Waals surface area contributed by atoms with E-state index in [1.165, 1.54) is 18.8 Å². The summed E-state index contributed by atoms with van der Waals surface area (Å²) in [5.41, 5.74) is 4.22. The second-order valence-electron chi connectivity index (χ2n) is 7.55. The summed E-state index contributed by atoms with van der Waals surface area (Å²) in [5, 5.41) is 13.6. The molecule has 0 fully saturated rings. The number of benzene rings is 2. The summed E-state index contributed by atoms with van der Waals surface area (Å²) in [7, 11) is 1.47. The first-order valence-electron chi connectivity index (χ1n) is 10.1. The number of hydrogen-bond donors (Lipinski definition) is 2. The molecule has 0 saturated heterocycles. The Morgan fingerprint density at radius 2 is 1.68 bits per heavy atom. The van der Waals surface area contributed by atoms with Crippen molar-refractivity contribution in [2.24, 2.45) is 0 Å². The minimum atomic E-state index is -0.544. The second kappa shape index (κ2) is 9.78. The molecular weight excluding hydrogens is 410 g/mol. The molecule has 8 heteroatoms. The van der Waals surface area contributed by atoms with E-state index in [0.29, 0.717) is 11.0 Å². The van der Waals surface area contributed by atoms with Crippen LogP contribution in [0.3, 0.4) is 0 Å². The van der Waals surface area contributed by atoms with E-state index in [1.807, 2.05) is 54.0 Å². The van der Waals surface area contributed by atoms with Crippen LogP contribution >= 0.6 is 11.8 Å². The second-order valence-corrected chi connectivity index (χ2v) is 8.86. The Bertz CT molecular complexity index is 1080. The van der Waals surface area contributed by atoms with E-state index in [0.717, 1.165) is 22.4 Å². The Balaban J connectivity index is 2.08. The fraction of sp³-hybridized carbons (Fsp3) is 0.304. The summed E-state index contributed by atoms with van der Waals surface area (Å²) in [6.07, 6.45) is 0. The maximum atomic E-state index is 12.4. The third-order valence-corrected chi connectivity index (χ3v) is 5.90. The van der Waals surface area contributed by atoms with Crippen LogP contribution < -0.4 is 10.6 Å². The Kier molecular flexibility index (Phi) is 7.12. The van der Waals surface area contributed by atoms with Gasteiger partial charge in [-0.3, -0.25) is 14.7 Å². The van der Waals surface area contributed by atoms with Gasteiger partial charge in [0.1, 0.15) is 0 Å². The lowest BCUT2D eigenvalue weighted by molar-refractivity contribution is -0.119. The van der Waals surface area contributed by atoms with Crippen molar-refractivity contribution >= 4 is 23.7 Å². The Hall–Kier alpha value is -3.13. The van der Waals surface area contributed by atoms with Crippen LogP contribution in [0.4, 0.5) is 4.79 Å². The van der Waals surface area contributed by atoms with Crippen LogP contribution in [0, 0.1) is 6.92 Å². The van der Waals surface area contributed by atoms with Crippen LogP contribution in [-0.2, 0) is 4.79 Å². The molecule has 0 radical (unpaired) electrons. The molecule has 2 aromatic carbocycles. The highest BCUT2D eigenvalue weighted by atomic mass is 32.2. The Labute approximate surface area is 186 Å². The summed E-state index contributed by atoms with van der Waals surface area (Å²) >= 11 is 1.26. The average molecular weight is 438 g/mol. The van der Waals surface area contributed by atoms with Crippen LogP contribution in [0.5, 0.6) is 0 Å². The van der Waals surface area contributed by atoms with Gasteiger partial charge in [0.2, 0.25) is 5.91 Å². The summed E-state index contributed by atoms with van der Waals surface area (Å²) in [6, 6.07) is 15.7. The standard InChI is InChI=1S/C23H27N5O2S/c1-14(2)18-8-6-7-9-19(18)28-20(17-12-10-15(3)11-13-17)26-27-23(28)31-16(4)21(29)25-22(30)24-5/h6-14,16H,1-5H3,(H2,24,25,29,30)/t16-/m0/s1. The summed E-state index contributed by atoms with van der Waals surface area (Å²) < 4.78 is 1.99. The number of amides is 3. The van der Waals surface area contributed by atoms with Crippen molar-refractivity contribution in [3.05, 3.63) is 59.7 Å². The summed E-state index contributed by atoms with van der Waals surface area (Å²) in [4.78, 5) is 23.9. The number of carbonyl (C=O) groups is 2. The first-order valence-corrected chi connectivity index (χ1v) is 11.0. The topological polar surface area (TPSA) is 88.9 Å². The van der Waals surface area contributed by atoms with Gasteiger partial charge in [0.05, 0.1) is 10.9 Å². The molecule has 1 heterocycles. The summed E-state index contributed by atoms with van der Waals surface area (Å²) in [6.45, 7) is 8.06. The zero-order valence-electron chi connectivity index (χ0n) is 18.3. The van der Waals surface area contributed by atoms with E-state index < -0.39 is 17.2 Å². The van der Waals surface area contributed by atoms with E-state index >= 15 is 0 Å². The van der Waals surface area contributed by atoms with Gasteiger partial charge in [-0.1, -0.05) is 73.6 Å². The van der Waals surface area contributed by atoms with Crippen LogP contribution in [0.15, 0.2) is 53.7 Å². The molecule has 0 spiro atoms. The van der Waals surface area contributed by atoms with E-state index in [2.05, 4.69) is 40.7 Å². The highest BCUT2D eigenvalue weighted by Crippen LogP contribution is 2.33. The minimum absolute atomic E-state index is 0.288. The van der Waals surface area contributed by atoms with Crippen molar-refractivity contribution in [2.75, 3.05) is 7.05 Å². The van der Waals surface area contributed by atoms with Gasteiger partial charge in [-0.2, -0.15) is 0 Å². The molecule has 0 aliphatic carbocycles. The van der Waals surface area contributed by atoms with E-state index in [1.54, 1.807) is 6.92 Å². The van der Waals surface area contributed by atoms with Crippen molar-refractivity contribution < 1.29 is 9.59 Å². The van der Waals surface area contributed by atoms with E-state index in [9.17, 15) is 9.59 Å². The number of thioether (sulfide) groups is 1. The predicted octanol–water partition coefficient (Wildman–Crippen LogP) is 4.30. The molecule has 31 heavy (non-hydrogen) atoms. The van der Waals surface area contributed by atoms with Gasteiger partial charge in [0.15, 0.2) is 11.0 Å². The number of aryl methyl sites for hydroxylation is 1. The number of rotatable bonds is 6. The SMILES string of the molecule is CNC(=O)NC(=O)[C@H](C)Sc1nnc(-c2ccc(C)cc2)n1-c1ccccc1C(C)C. The van der Waals surface area contributed by atoms with Crippen molar-refractivity contribution in [3.63, 3.8) is 0 Å². The fourth-order valence-electron chi connectivity index (χ4n) is 3.12. The molecule has 3 amide bonds. The predicted molar refractivity (Wildman–Crippen MR) is 124 cm³/mol. The molecule has 0 aliphatic heterocycles. The molecule has 7 nitrogen and oxygen atoms in total. The Morgan fingerprint density at radius 3 is 2.32 bits per heavy atom. The van der Waals surface area contributed by atoms with E-state index in [4.69, 9.17) is 0 Å². The van der Waals surface area contributed by atoms with Crippen LogP contribution in [-0.4, -0.2) is 39.0 Å². The third kappa shape index (κ3) is 5.14. The zero-order valence-corrected chi connectivity index (χ0v) is 19.2. The maximum Gasteiger partial charge on any atom is 0.321 e. The lowest BCUT2D eigenvalue weighted by Crippen LogP contribution is -2.41. The van der Waals surface area contributed by atoms with Gasteiger partial charge in [0, 0.05) is 12.6 Å². The van der Waals surface area contributed by atoms with Crippen molar-refractivity contribution in [3.8, 4) is 17.1 Å². The number of hydrogen-bond acceptors (Lipinski definition) is 5. The molecule has 0 unspecified atom stereocenters. The number of aromatic nitrogens is 3. The molecule has 3 aromatic rings. The molecule has 3 rings (SSSR count). The monoisotopic (exact) mass is 437 g/mol. The largest absolute Gasteiger partial charge is 0.341 e. The van der Waals surface area contributed by atoms with Gasteiger partial charge in [-0.05, 0) is 31.4 Å². The molecule has 1 atom stereocenters. The van der Waals surface area contributed by atoms with E-state index in [-0.39, 0.29) is 5.92 Å². The lowest BCUT2D eigenvalue weighted by Gasteiger charge is -2.18. The quantitative estimate of drug-likeness (QED) is 0.561. The molecule has 1 aromatic heterocycles. The average Bonchev–Trinajstić information content (AvgIpc) is 3.17. The highest BCUT2D eigenvalue weighted by Gasteiger charge is 2.24. The third-order valence-electron chi connectivity index (χ3n) is 4.86. The van der Waals surface area contributed by atoms with Crippen molar-refractivity contribution in [2.45, 2.75) is 44.0 Å². The first-order chi connectivity index (χ1) is 14.8. The van der Waals surface area contributed by atoms with Crippen LogP contribution in [0.1, 0.15) is 37.8 Å². The molecule has 0 aliphatic rings. The van der Waals surface area contributed by atoms with Gasteiger partial charge >= 0.3 is 6.03 Å². The van der Waals surface area contributed by atoms with Crippen molar-refractivity contribution in [1.29, 1.82) is 0 Å². The van der Waals surface area contributed by atoms with Crippen LogP contribution in [0.25, 0.3) is 17.1 Å². The molecule has 0 saturated carbocycles. The van der Waals surface area contributed by atoms with Gasteiger partial charge < -0.3 is 5.32 Å². The first kappa shape index (κ1) is 22.6. The molecule has 2 N–H and O–H groups in total. The highest BCUT2D eigenvalue weighted by molar-refractivity contribution is 8.00. The number of nitrogens with one attached hydrogen (secondary N) is 2. The smallest absolute Gasteiger partial charge is 0.321 e. The number of para-hydroxylation sites is 1. The number of carbonyl (C=O) groups excluding carboxylic acids is 2. The number of nitrogens with zero attached hydrogens (tertiary/aromatic N) is 3. The lowest BCUT2D eigenvalue weighted by atomic mass is 10.0. The van der Waals surface area contributed by atoms with Gasteiger partial charge in [0.25, 0.3) is 0 Å². The molecule has 162 valence electrons. The minimum Gasteiger partial charge on any atom is -0.341 e. The maximum absolute atomic E-state index is 12.4. The number of urea groups is 1. The summed E-state index contributed by atoms with van der Waals surface area (Å²) in [5.74, 6) is 0.596. The normalized spacial score (nSPS) is 11.9. The zero-order chi connectivity index (χ0) is 22.5. The fourth-order valence-corrected chi connectivity index (χ4v) is 3.98.